The summed E-state index contributed by atoms with van der Waals surface area (Å²) in [5, 5.41) is 2.93. The Labute approximate surface area is 115 Å². The van der Waals surface area contributed by atoms with Gasteiger partial charge in [-0.15, -0.1) is 0 Å². The van der Waals surface area contributed by atoms with Gasteiger partial charge in [0.2, 0.25) is 5.91 Å². The largest absolute Gasteiger partial charge is 0.496 e. The molecule has 0 saturated heterocycles. The molecule has 0 heterocycles. The van der Waals surface area contributed by atoms with Gasteiger partial charge in [0, 0.05) is 5.56 Å². The van der Waals surface area contributed by atoms with E-state index in [1.54, 1.807) is 7.11 Å². The third-order valence-electron chi connectivity index (χ3n) is 3.18. The van der Waals surface area contributed by atoms with Crippen LogP contribution in [0.1, 0.15) is 39.3 Å². The fraction of sp³-hybridized carbons (Fsp3) is 0.533. The van der Waals surface area contributed by atoms with Crippen molar-refractivity contribution in [3.63, 3.8) is 0 Å². The maximum Gasteiger partial charge on any atom is 0.237 e. The molecule has 0 radical (unpaired) electrons. The number of hydrogen-bond donors (Lipinski definition) is 2. The van der Waals surface area contributed by atoms with Gasteiger partial charge in [-0.2, -0.15) is 0 Å². The van der Waals surface area contributed by atoms with Crippen LogP contribution in [0, 0.1) is 5.41 Å². The van der Waals surface area contributed by atoms with Crippen molar-refractivity contribution in [3.05, 3.63) is 29.8 Å². The van der Waals surface area contributed by atoms with Crippen LogP contribution in [-0.2, 0) is 4.79 Å². The molecular formula is C15H24N2O2. The lowest BCUT2D eigenvalue weighted by Crippen LogP contribution is -2.49. The molecule has 0 aliphatic carbocycles. The van der Waals surface area contributed by atoms with Crippen molar-refractivity contribution in [2.75, 3.05) is 7.11 Å². The molecule has 1 amide bonds. The molecule has 0 aromatic heterocycles. The third kappa shape index (κ3) is 3.96. The van der Waals surface area contributed by atoms with E-state index >= 15 is 0 Å². The minimum Gasteiger partial charge on any atom is -0.496 e. The summed E-state index contributed by atoms with van der Waals surface area (Å²) >= 11 is 0. The summed E-state index contributed by atoms with van der Waals surface area (Å²) < 4.78 is 5.29. The molecule has 4 nitrogen and oxygen atoms in total. The molecule has 4 heteroatoms. The van der Waals surface area contributed by atoms with Crippen LogP contribution >= 0.6 is 0 Å². The second-order valence-corrected chi connectivity index (χ2v) is 5.82. The predicted octanol–water partition coefficient (Wildman–Crippen LogP) is 2.25. The van der Waals surface area contributed by atoms with Crippen molar-refractivity contribution < 1.29 is 9.53 Å². The van der Waals surface area contributed by atoms with Crippen molar-refractivity contribution in [2.45, 2.75) is 39.8 Å². The standard InChI is InChI=1S/C15H24N2O2/c1-10(11-8-6-7-9-12(11)19-5)17-14(18)13(16)15(2,3)4/h6-10,13H,16H2,1-5H3,(H,17,18)/t10-,13?/m1/s1. The second kappa shape index (κ2) is 6.06. The number of rotatable bonds is 4. The zero-order chi connectivity index (χ0) is 14.6. The van der Waals surface area contributed by atoms with Gasteiger partial charge in [0.1, 0.15) is 5.75 Å². The Morgan fingerprint density at radius 2 is 1.89 bits per heavy atom. The zero-order valence-corrected chi connectivity index (χ0v) is 12.4. The normalized spacial score (nSPS) is 14.6. The van der Waals surface area contributed by atoms with Crippen LogP contribution in [-0.4, -0.2) is 19.1 Å². The number of carbonyl (C=O) groups excluding carboxylic acids is 1. The molecule has 3 N–H and O–H groups in total. The lowest BCUT2D eigenvalue weighted by molar-refractivity contribution is -0.125. The van der Waals surface area contributed by atoms with Crippen molar-refractivity contribution in [1.82, 2.24) is 5.32 Å². The molecule has 1 unspecified atom stereocenters. The van der Waals surface area contributed by atoms with Crippen LogP contribution in [0.3, 0.4) is 0 Å². The number of ether oxygens (including phenoxy) is 1. The van der Waals surface area contributed by atoms with E-state index in [9.17, 15) is 4.79 Å². The number of benzene rings is 1. The van der Waals surface area contributed by atoms with Crippen LogP contribution in [0.5, 0.6) is 5.75 Å². The molecule has 0 spiro atoms. The highest BCUT2D eigenvalue weighted by molar-refractivity contribution is 5.82. The molecule has 1 aromatic rings. The summed E-state index contributed by atoms with van der Waals surface area (Å²) in [4.78, 5) is 12.1. The first-order valence-electron chi connectivity index (χ1n) is 6.46. The Balaban J connectivity index is 2.80. The zero-order valence-electron chi connectivity index (χ0n) is 12.4. The molecule has 19 heavy (non-hydrogen) atoms. The van der Waals surface area contributed by atoms with E-state index in [0.717, 1.165) is 11.3 Å². The number of methoxy groups -OCH3 is 1. The molecule has 1 aromatic carbocycles. The van der Waals surface area contributed by atoms with Gasteiger partial charge in [0.25, 0.3) is 0 Å². The first-order chi connectivity index (χ1) is 8.77. The van der Waals surface area contributed by atoms with E-state index < -0.39 is 6.04 Å². The van der Waals surface area contributed by atoms with Gasteiger partial charge in [-0.05, 0) is 18.4 Å². The van der Waals surface area contributed by atoms with Gasteiger partial charge in [-0.3, -0.25) is 4.79 Å². The SMILES string of the molecule is COc1ccccc1[C@@H](C)NC(=O)C(N)C(C)(C)C. The highest BCUT2D eigenvalue weighted by Crippen LogP contribution is 2.25. The molecule has 0 saturated carbocycles. The molecule has 2 atom stereocenters. The maximum absolute atomic E-state index is 12.1. The number of hydrogen-bond acceptors (Lipinski definition) is 3. The van der Waals surface area contributed by atoms with Gasteiger partial charge < -0.3 is 15.8 Å². The van der Waals surface area contributed by atoms with Crippen LogP contribution in [0.25, 0.3) is 0 Å². The Morgan fingerprint density at radius 1 is 1.32 bits per heavy atom. The van der Waals surface area contributed by atoms with Crippen LogP contribution in [0.4, 0.5) is 0 Å². The number of amides is 1. The highest BCUT2D eigenvalue weighted by Gasteiger charge is 2.28. The van der Waals surface area contributed by atoms with E-state index in [2.05, 4.69) is 5.32 Å². The maximum atomic E-state index is 12.1. The summed E-state index contributed by atoms with van der Waals surface area (Å²) in [6, 6.07) is 6.96. The molecule has 0 aliphatic rings. The van der Waals surface area contributed by atoms with E-state index in [4.69, 9.17) is 10.5 Å². The predicted molar refractivity (Wildman–Crippen MR) is 77.0 cm³/mol. The first kappa shape index (κ1) is 15.5. The van der Waals surface area contributed by atoms with Crippen molar-refractivity contribution in [2.24, 2.45) is 11.1 Å². The van der Waals surface area contributed by atoms with Crippen LogP contribution in [0.2, 0.25) is 0 Å². The summed E-state index contributed by atoms with van der Waals surface area (Å²) in [6.45, 7) is 7.77. The number of para-hydroxylation sites is 1. The Kier molecular flexibility index (Phi) is 4.95. The Hall–Kier alpha value is -1.55. The fourth-order valence-electron chi connectivity index (χ4n) is 1.80. The van der Waals surface area contributed by atoms with Crippen molar-refractivity contribution >= 4 is 5.91 Å². The lowest BCUT2D eigenvalue weighted by atomic mass is 9.86. The Bertz CT molecular complexity index is 438. The van der Waals surface area contributed by atoms with E-state index in [0.29, 0.717) is 0 Å². The monoisotopic (exact) mass is 264 g/mol. The smallest absolute Gasteiger partial charge is 0.237 e. The fourth-order valence-corrected chi connectivity index (χ4v) is 1.80. The quantitative estimate of drug-likeness (QED) is 0.876. The van der Waals surface area contributed by atoms with Gasteiger partial charge in [-0.1, -0.05) is 39.0 Å². The van der Waals surface area contributed by atoms with Crippen LogP contribution < -0.4 is 15.8 Å². The average Bonchev–Trinajstić information content (AvgIpc) is 2.36. The molecule has 1 rings (SSSR count). The topological polar surface area (TPSA) is 64.3 Å². The third-order valence-corrected chi connectivity index (χ3v) is 3.18. The van der Waals surface area contributed by atoms with Gasteiger partial charge in [0.05, 0.1) is 19.2 Å². The van der Waals surface area contributed by atoms with E-state index in [-0.39, 0.29) is 17.4 Å². The lowest BCUT2D eigenvalue weighted by Gasteiger charge is -2.27. The number of nitrogens with two attached hydrogens (primary N) is 1. The first-order valence-corrected chi connectivity index (χ1v) is 6.46. The second-order valence-electron chi connectivity index (χ2n) is 5.82. The summed E-state index contributed by atoms with van der Waals surface area (Å²) in [7, 11) is 1.62. The van der Waals surface area contributed by atoms with Crippen molar-refractivity contribution in [3.8, 4) is 5.75 Å². The van der Waals surface area contributed by atoms with Gasteiger partial charge >= 0.3 is 0 Å². The average molecular weight is 264 g/mol. The highest BCUT2D eigenvalue weighted by atomic mass is 16.5. The summed E-state index contributed by atoms with van der Waals surface area (Å²) in [6.07, 6.45) is 0. The van der Waals surface area contributed by atoms with Gasteiger partial charge in [0.15, 0.2) is 0 Å². The van der Waals surface area contributed by atoms with Gasteiger partial charge in [-0.25, -0.2) is 0 Å². The molecule has 106 valence electrons. The van der Waals surface area contributed by atoms with E-state index in [1.165, 1.54) is 0 Å². The Morgan fingerprint density at radius 3 is 2.42 bits per heavy atom. The summed E-state index contributed by atoms with van der Waals surface area (Å²) in [5.41, 5.74) is 6.63. The minimum absolute atomic E-state index is 0.142. The number of carbonyl (C=O) groups is 1. The molecule has 0 aliphatic heterocycles. The van der Waals surface area contributed by atoms with Crippen molar-refractivity contribution in [1.29, 1.82) is 0 Å². The van der Waals surface area contributed by atoms with Crippen LogP contribution in [0.15, 0.2) is 24.3 Å². The van der Waals surface area contributed by atoms with E-state index in [1.807, 2.05) is 52.0 Å². The molecule has 0 bridgehead atoms. The number of nitrogens with one attached hydrogen (secondary N) is 1. The summed E-state index contributed by atoms with van der Waals surface area (Å²) in [5.74, 6) is 0.616. The molecule has 0 fully saturated rings. The molecular weight excluding hydrogens is 240 g/mol. The minimum atomic E-state index is -0.537.